The maximum absolute atomic E-state index is 13.5. The highest BCUT2D eigenvalue weighted by molar-refractivity contribution is 7.07. The molecule has 168 valence electrons. The van der Waals surface area contributed by atoms with Gasteiger partial charge in [0.2, 0.25) is 0 Å². The Bertz CT molecular complexity index is 1410. The van der Waals surface area contributed by atoms with Crippen molar-refractivity contribution in [3.05, 3.63) is 103 Å². The number of hydrogen-bond donors (Lipinski definition) is 0. The monoisotopic (exact) mass is 460 g/mol. The van der Waals surface area contributed by atoms with Gasteiger partial charge in [0.05, 0.1) is 29.5 Å². The molecule has 1 aliphatic heterocycles. The first-order chi connectivity index (χ1) is 16.0. The Balaban J connectivity index is 1.90. The van der Waals surface area contributed by atoms with E-state index in [1.165, 1.54) is 11.3 Å². The van der Waals surface area contributed by atoms with Crippen molar-refractivity contribution in [3.63, 3.8) is 0 Å². The van der Waals surface area contributed by atoms with Gasteiger partial charge in [-0.25, -0.2) is 9.79 Å². The number of allylic oxidation sites excluding steroid dienone is 2. The van der Waals surface area contributed by atoms with E-state index in [9.17, 15) is 9.59 Å². The second-order valence-corrected chi connectivity index (χ2v) is 8.35. The highest BCUT2D eigenvalue weighted by Gasteiger charge is 2.34. The smallest absolute Gasteiger partial charge is 0.338 e. The summed E-state index contributed by atoms with van der Waals surface area (Å²) in [5, 5.41) is 0. The van der Waals surface area contributed by atoms with Crippen molar-refractivity contribution >= 4 is 29.5 Å². The van der Waals surface area contributed by atoms with Crippen molar-refractivity contribution < 1.29 is 14.3 Å². The number of ether oxygens (including phenoxy) is 2. The first-order valence-corrected chi connectivity index (χ1v) is 11.4. The highest BCUT2D eigenvalue weighted by Crippen LogP contribution is 2.35. The molecular formula is C26H24N2O4S. The van der Waals surface area contributed by atoms with Gasteiger partial charge in [0.25, 0.3) is 5.56 Å². The van der Waals surface area contributed by atoms with E-state index in [0.29, 0.717) is 31.9 Å². The minimum Gasteiger partial charge on any atom is -0.496 e. The van der Waals surface area contributed by atoms with E-state index in [4.69, 9.17) is 9.47 Å². The molecule has 0 spiro atoms. The zero-order chi connectivity index (χ0) is 23.4. The lowest BCUT2D eigenvalue weighted by atomic mass is 9.95. The molecule has 1 unspecified atom stereocenters. The molecule has 0 aliphatic carbocycles. The lowest BCUT2D eigenvalue weighted by molar-refractivity contribution is -0.139. The molecule has 2 aromatic carbocycles. The van der Waals surface area contributed by atoms with E-state index in [1.54, 1.807) is 31.6 Å². The molecule has 1 aliphatic rings. The molecule has 1 aromatic heterocycles. The maximum Gasteiger partial charge on any atom is 0.338 e. The van der Waals surface area contributed by atoms with Crippen LogP contribution < -0.4 is 19.6 Å². The number of para-hydroxylation sites is 1. The third kappa shape index (κ3) is 4.45. The van der Waals surface area contributed by atoms with Gasteiger partial charge < -0.3 is 9.47 Å². The lowest BCUT2D eigenvalue weighted by Gasteiger charge is -2.25. The van der Waals surface area contributed by atoms with Crippen molar-refractivity contribution in [1.82, 2.24) is 4.57 Å². The normalized spacial score (nSPS) is 16.0. The van der Waals surface area contributed by atoms with E-state index in [1.807, 2.05) is 66.7 Å². The van der Waals surface area contributed by atoms with E-state index < -0.39 is 12.0 Å². The Morgan fingerprint density at radius 3 is 2.61 bits per heavy atom. The summed E-state index contributed by atoms with van der Waals surface area (Å²) in [5.41, 5.74) is 2.37. The van der Waals surface area contributed by atoms with Crippen LogP contribution in [0.15, 0.2) is 81.7 Å². The van der Waals surface area contributed by atoms with Crippen LogP contribution in [0.1, 0.15) is 31.0 Å². The van der Waals surface area contributed by atoms with Crippen LogP contribution in [0.3, 0.4) is 0 Å². The van der Waals surface area contributed by atoms with Crippen LogP contribution in [-0.2, 0) is 9.53 Å². The van der Waals surface area contributed by atoms with Gasteiger partial charge in [-0.05, 0) is 31.6 Å². The van der Waals surface area contributed by atoms with Gasteiger partial charge in [-0.3, -0.25) is 9.36 Å². The molecule has 0 radical (unpaired) electrons. The fraction of sp³-hybridized carbons (Fsp3) is 0.192. The second-order valence-electron chi connectivity index (χ2n) is 7.34. The van der Waals surface area contributed by atoms with E-state index >= 15 is 0 Å². The van der Waals surface area contributed by atoms with Crippen LogP contribution in [0.5, 0.6) is 5.75 Å². The topological polar surface area (TPSA) is 69.9 Å². The molecule has 0 fully saturated rings. The van der Waals surface area contributed by atoms with Crippen LogP contribution in [0.25, 0.3) is 12.2 Å². The summed E-state index contributed by atoms with van der Waals surface area (Å²) in [6, 6.07) is 16.5. The molecule has 33 heavy (non-hydrogen) atoms. The van der Waals surface area contributed by atoms with E-state index in [0.717, 1.165) is 5.56 Å². The third-order valence-corrected chi connectivity index (χ3v) is 6.29. The Kier molecular flexibility index (Phi) is 6.70. The van der Waals surface area contributed by atoms with Crippen LogP contribution in [0, 0.1) is 0 Å². The summed E-state index contributed by atoms with van der Waals surface area (Å²) >= 11 is 1.29. The number of aromatic nitrogens is 1. The Morgan fingerprint density at radius 1 is 1.15 bits per heavy atom. The first-order valence-electron chi connectivity index (χ1n) is 10.6. The first kappa shape index (κ1) is 22.5. The van der Waals surface area contributed by atoms with Crippen molar-refractivity contribution in [2.45, 2.75) is 19.9 Å². The maximum atomic E-state index is 13.5. The Hall–Kier alpha value is -3.71. The summed E-state index contributed by atoms with van der Waals surface area (Å²) < 4.78 is 13.0. The van der Waals surface area contributed by atoms with Gasteiger partial charge in [-0.1, -0.05) is 72.0 Å². The molecule has 0 N–H and O–H groups in total. The Labute approximate surface area is 195 Å². The lowest BCUT2D eigenvalue weighted by Crippen LogP contribution is -2.40. The number of benzene rings is 2. The molecule has 4 rings (SSSR count). The number of carbonyl (C=O) groups excluding carboxylic acids is 1. The molecule has 2 heterocycles. The van der Waals surface area contributed by atoms with E-state index in [-0.39, 0.29) is 12.2 Å². The fourth-order valence-electron chi connectivity index (χ4n) is 3.80. The fourth-order valence-corrected chi connectivity index (χ4v) is 4.80. The summed E-state index contributed by atoms with van der Waals surface area (Å²) in [4.78, 5) is 31.6. The third-order valence-electron chi connectivity index (χ3n) is 5.29. The second kappa shape index (κ2) is 9.83. The predicted octanol–water partition coefficient (Wildman–Crippen LogP) is 3.47. The Morgan fingerprint density at radius 2 is 1.88 bits per heavy atom. The molecular weight excluding hydrogens is 436 g/mol. The molecule has 0 saturated heterocycles. The predicted molar refractivity (Wildman–Crippen MR) is 130 cm³/mol. The number of fused-ring (bicyclic) bond motifs is 1. The molecule has 3 aromatic rings. The number of rotatable bonds is 6. The molecule has 0 bridgehead atoms. The van der Waals surface area contributed by atoms with Crippen molar-refractivity contribution in [3.8, 4) is 5.75 Å². The van der Waals surface area contributed by atoms with Gasteiger partial charge in [-0.2, -0.15) is 0 Å². The van der Waals surface area contributed by atoms with Gasteiger partial charge >= 0.3 is 5.97 Å². The number of esters is 1. The van der Waals surface area contributed by atoms with Gasteiger partial charge in [0, 0.05) is 5.56 Å². The minimum absolute atomic E-state index is 0.221. The largest absolute Gasteiger partial charge is 0.496 e. The van der Waals surface area contributed by atoms with E-state index in [2.05, 4.69) is 4.99 Å². The van der Waals surface area contributed by atoms with Gasteiger partial charge in [-0.15, -0.1) is 0 Å². The highest BCUT2D eigenvalue weighted by atomic mass is 32.1. The minimum atomic E-state index is -0.697. The summed E-state index contributed by atoms with van der Waals surface area (Å²) in [6.45, 7) is 3.74. The number of thiazole rings is 1. The number of methoxy groups -OCH3 is 1. The average Bonchev–Trinajstić information content (AvgIpc) is 3.13. The van der Waals surface area contributed by atoms with Crippen molar-refractivity contribution in [2.75, 3.05) is 13.7 Å². The summed E-state index contributed by atoms with van der Waals surface area (Å²) in [5.74, 6) is 0.0884. The zero-order valence-corrected chi connectivity index (χ0v) is 19.5. The van der Waals surface area contributed by atoms with Crippen molar-refractivity contribution in [1.29, 1.82) is 0 Å². The van der Waals surface area contributed by atoms with Crippen LogP contribution in [0.2, 0.25) is 0 Å². The number of carbonyl (C=O) groups is 1. The SMILES string of the molecule is CCOC(=O)C1=C(C)N=c2s/c(=C\C=C\c3ccccc3)c(=O)n2C1c1ccccc1OC. The quantitative estimate of drug-likeness (QED) is 0.528. The molecule has 0 saturated carbocycles. The van der Waals surface area contributed by atoms with Crippen LogP contribution in [-0.4, -0.2) is 24.3 Å². The van der Waals surface area contributed by atoms with Gasteiger partial charge in [0.15, 0.2) is 4.80 Å². The van der Waals surface area contributed by atoms with Crippen LogP contribution >= 0.6 is 11.3 Å². The molecule has 6 nitrogen and oxygen atoms in total. The molecule has 0 amide bonds. The van der Waals surface area contributed by atoms with Crippen LogP contribution in [0.4, 0.5) is 0 Å². The summed E-state index contributed by atoms with van der Waals surface area (Å²) in [7, 11) is 1.57. The standard InChI is InChI=1S/C26H24N2O4S/c1-4-32-25(30)22-17(2)27-26-28(23(22)19-14-8-9-15-20(19)31-3)24(29)21(33-26)16-10-13-18-11-6-5-7-12-18/h5-16,23H,4H2,1-3H3/b13-10+,21-16-. The van der Waals surface area contributed by atoms with Gasteiger partial charge in [0.1, 0.15) is 11.8 Å². The van der Waals surface area contributed by atoms with Crippen molar-refractivity contribution in [2.24, 2.45) is 4.99 Å². The number of hydrogen-bond acceptors (Lipinski definition) is 6. The number of nitrogens with zero attached hydrogens (tertiary/aromatic N) is 2. The molecule has 1 atom stereocenters. The average molecular weight is 461 g/mol. The zero-order valence-electron chi connectivity index (χ0n) is 18.6. The molecule has 7 heteroatoms. The summed E-state index contributed by atoms with van der Waals surface area (Å²) in [6.07, 6.45) is 5.56.